The predicted octanol–water partition coefficient (Wildman–Crippen LogP) is 5.58. The molecule has 2 aliphatic rings. The van der Waals surface area contributed by atoms with E-state index in [-0.39, 0.29) is 16.2 Å². The highest BCUT2D eigenvalue weighted by Crippen LogP contribution is 2.39. The Kier molecular flexibility index (Phi) is 6.16. The lowest BCUT2D eigenvalue weighted by Crippen LogP contribution is -2.54. The zero-order chi connectivity index (χ0) is 23.9. The average Bonchev–Trinajstić information content (AvgIpc) is 2.74. The van der Waals surface area contributed by atoms with Crippen molar-refractivity contribution in [2.24, 2.45) is 0 Å². The molecular formula is C26H26ClN3O2S. The van der Waals surface area contributed by atoms with Crippen molar-refractivity contribution in [3.8, 4) is 0 Å². The molecule has 0 unspecified atom stereocenters. The third kappa shape index (κ3) is 4.33. The summed E-state index contributed by atoms with van der Waals surface area (Å²) in [6, 6.07) is 12.9. The van der Waals surface area contributed by atoms with Gasteiger partial charge in [-0.1, -0.05) is 36.7 Å². The molecule has 0 saturated carbocycles. The van der Waals surface area contributed by atoms with Gasteiger partial charge in [-0.3, -0.25) is 19.8 Å². The van der Waals surface area contributed by atoms with Gasteiger partial charge < -0.3 is 4.90 Å². The molecular weight excluding hydrogens is 454 g/mol. The highest BCUT2D eigenvalue weighted by Gasteiger charge is 2.35. The summed E-state index contributed by atoms with van der Waals surface area (Å²) in [7, 11) is 0. The zero-order valence-corrected chi connectivity index (χ0v) is 20.7. The van der Waals surface area contributed by atoms with Crippen molar-refractivity contribution in [1.82, 2.24) is 5.32 Å². The molecule has 1 N–H and O–H groups in total. The van der Waals surface area contributed by atoms with Crippen LogP contribution in [-0.2, 0) is 9.59 Å². The number of rotatable bonds is 4. The second-order valence-electron chi connectivity index (χ2n) is 8.85. The molecule has 2 aliphatic heterocycles. The topological polar surface area (TPSA) is 52.7 Å². The van der Waals surface area contributed by atoms with E-state index in [9.17, 15) is 9.59 Å². The number of hydrogen-bond donors (Lipinski definition) is 1. The van der Waals surface area contributed by atoms with E-state index < -0.39 is 11.8 Å². The SMILES string of the molecule is CCCN1c2ccc(/C=C3/C(=O)NC(=S)N(c4cccc(Cl)c4)C3=O)cc2C(C)=CC1(C)C. The van der Waals surface area contributed by atoms with Gasteiger partial charge in [0.25, 0.3) is 11.8 Å². The highest BCUT2D eigenvalue weighted by atomic mass is 35.5. The smallest absolute Gasteiger partial charge is 0.270 e. The molecule has 0 atom stereocenters. The van der Waals surface area contributed by atoms with Crippen molar-refractivity contribution in [3.63, 3.8) is 0 Å². The lowest BCUT2D eigenvalue weighted by molar-refractivity contribution is -0.122. The number of halogens is 1. The molecule has 1 fully saturated rings. The minimum absolute atomic E-state index is 0.0201. The van der Waals surface area contributed by atoms with Crippen LogP contribution >= 0.6 is 23.8 Å². The third-order valence-corrected chi connectivity index (χ3v) is 6.45. The summed E-state index contributed by atoms with van der Waals surface area (Å²) in [4.78, 5) is 29.7. The van der Waals surface area contributed by atoms with Gasteiger partial charge in [0.15, 0.2) is 5.11 Å². The Labute approximate surface area is 204 Å². The van der Waals surface area contributed by atoms with E-state index in [0.29, 0.717) is 10.7 Å². The molecule has 0 aromatic heterocycles. The van der Waals surface area contributed by atoms with Crippen LogP contribution < -0.4 is 15.1 Å². The van der Waals surface area contributed by atoms with E-state index in [2.05, 4.69) is 50.1 Å². The molecule has 0 spiro atoms. The summed E-state index contributed by atoms with van der Waals surface area (Å²) in [5, 5.41) is 3.13. The third-order valence-electron chi connectivity index (χ3n) is 5.93. The summed E-state index contributed by atoms with van der Waals surface area (Å²) in [6.45, 7) is 9.63. The number of benzene rings is 2. The summed E-state index contributed by atoms with van der Waals surface area (Å²) >= 11 is 11.4. The van der Waals surface area contributed by atoms with Gasteiger partial charge in [-0.25, -0.2) is 0 Å². The van der Waals surface area contributed by atoms with Crippen LogP contribution in [0.5, 0.6) is 0 Å². The normalized spacial score (nSPS) is 18.9. The van der Waals surface area contributed by atoms with Crippen molar-refractivity contribution in [2.75, 3.05) is 16.3 Å². The molecule has 170 valence electrons. The van der Waals surface area contributed by atoms with Crippen LogP contribution in [0.1, 0.15) is 45.2 Å². The van der Waals surface area contributed by atoms with Crippen LogP contribution in [0, 0.1) is 0 Å². The number of amides is 2. The molecule has 2 aromatic carbocycles. The summed E-state index contributed by atoms with van der Waals surface area (Å²) in [6.07, 6.45) is 4.92. The van der Waals surface area contributed by atoms with E-state index in [1.807, 2.05) is 12.1 Å². The quantitative estimate of drug-likeness (QED) is 0.353. The number of anilines is 2. The van der Waals surface area contributed by atoms with Gasteiger partial charge in [-0.05, 0) is 87.0 Å². The maximum Gasteiger partial charge on any atom is 0.270 e. The summed E-state index contributed by atoms with van der Waals surface area (Å²) in [5.74, 6) is -0.994. The monoisotopic (exact) mass is 479 g/mol. The Morgan fingerprint density at radius 3 is 2.61 bits per heavy atom. The molecule has 0 radical (unpaired) electrons. The molecule has 1 saturated heterocycles. The lowest BCUT2D eigenvalue weighted by Gasteiger charge is -2.43. The first-order valence-electron chi connectivity index (χ1n) is 10.9. The molecule has 2 amide bonds. The largest absolute Gasteiger partial charge is 0.362 e. The Morgan fingerprint density at radius 2 is 1.91 bits per heavy atom. The molecule has 2 heterocycles. The zero-order valence-electron chi connectivity index (χ0n) is 19.1. The number of carbonyl (C=O) groups is 2. The number of carbonyl (C=O) groups excluding carboxylic acids is 2. The Morgan fingerprint density at radius 1 is 1.15 bits per heavy atom. The second-order valence-corrected chi connectivity index (χ2v) is 9.67. The fraction of sp³-hybridized carbons (Fsp3) is 0.269. The second kappa shape index (κ2) is 8.76. The number of nitrogens with one attached hydrogen (secondary N) is 1. The standard InChI is InChI=1S/C26H26ClN3O2S/c1-5-11-29-22-10-9-17(12-20(22)16(2)15-26(29,3)4)13-21-23(31)28-25(33)30(24(21)32)19-8-6-7-18(27)14-19/h6-10,12-15H,5,11H2,1-4H3,(H,28,31,33)/b21-13-. The Balaban J connectivity index is 1.74. The Bertz CT molecular complexity index is 1230. The van der Waals surface area contributed by atoms with E-state index in [1.165, 1.54) is 10.5 Å². The summed E-state index contributed by atoms with van der Waals surface area (Å²) < 4.78 is 0. The van der Waals surface area contributed by atoms with Crippen LogP contribution in [0.4, 0.5) is 11.4 Å². The average molecular weight is 480 g/mol. The van der Waals surface area contributed by atoms with Crippen LogP contribution in [0.25, 0.3) is 11.6 Å². The first kappa shape index (κ1) is 23.2. The molecule has 4 rings (SSSR count). The Hall–Kier alpha value is -2.96. The van der Waals surface area contributed by atoms with Crippen LogP contribution in [0.3, 0.4) is 0 Å². The van der Waals surface area contributed by atoms with Gasteiger partial charge >= 0.3 is 0 Å². The molecule has 0 aliphatic carbocycles. The van der Waals surface area contributed by atoms with E-state index in [1.54, 1.807) is 30.3 Å². The van der Waals surface area contributed by atoms with Crippen molar-refractivity contribution in [3.05, 3.63) is 70.3 Å². The lowest BCUT2D eigenvalue weighted by atomic mass is 9.87. The molecule has 5 nitrogen and oxygen atoms in total. The van der Waals surface area contributed by atoms with E-state index >= 15 is 0 Å². The first-order valence-corrected chi connectivity index (χ1v) is 11.7. The number of nitrogens with zero attached hydrogens (tertiary/aromatic N) is 2. The maximum absolute atomic E-state index is 13.3. The van der Waals surface area contributed by atoms with Gasteiger partial charge in [0.05, 0.1) is 11.2 Å². The maximum atomic E-state index is 13.3. The number of thiocarbonyl (C=S) groups is 1. The highest BCUT2D eigenvalue weighted by molar-refractivity contribution is 7.80. The number of hydrogen-bond acceptors (Lipinski definition) is 4. The van der Waals surface area contributed by atoms with Gasteiger partial charge in [0.1, 0.15) is 5.57 Å². The summed E-state index contributed by atoms with van der Waals surface area (Å²) in [5.41, 5.74) is 4.64. The van der Waals surface area contributed by atoms with Gasteiger partial charge in [-0.15, -0.1) is 0 Å². The fourth-order valence-electron chi connectivity index (χ4n) is 4.50. The van der Waals surface area contributed by atoms with Crippen LogP contribution in [0.2, 0.25) is 5.02 Å². The van der Waals surface area contributed by atoms with Gasteiger partial charge in [0, 0.05) is 22.8 Å². The van der Waals surface area contributed by atoms with Crippen molar-refractivity contribution in [2.45, 2.75) is 39.7 Å². The minimum atomic E-state index is -0.512. The van der Waals surface area contributed by atoms with Crippen molar-refractivity contribution in [1.29, 1.82) is 0 Å². The van der Waals surface area contributed by atoms with E-state index in [0.717, 1.165) is 29.8 Å². The number of fused-ring (bicyclic) bond motifs is 1. The molecule has 33 heavy (non-hydrogen) atoms. The fourth-order valence-corrected chi connectivity index (χ4v) is 4.96. The van der Waals surface area contributed by atoms with Crippen LogP contribution in [0.15, 0.2) is 54.1 Å². The molecule has 7 heteroatoms. The molecule has 0 bridgehead atoms. The first-order chi connectivity index (χ1) is 15.6. The van der Waals surface area contributed by atoms with E-state index in [4.69, 9.17) is 23.8 Å². The molecule has 2 aromatic rings. The van der Waals surface area contributed by atoms with Crippen molar-refractivity contribution < 1.29 is 9.59 Å². The predicted molar refractivity (Wildman–Crippen MR) is 139 cm³/mol. The number of allylic oxidation sites excluding steroid dienone is 1. The van der Waals surface area contributed by atoms with Crippen LogP contribution in [-0.4, -0.2) is 29.0 Å². The van der Waals surface area contributed by atoms with Crippen molar-refractivity contribution >= 4 is 63.8 Å². The van der Waals surface area contributed by atoms with Gasteiger partial charge in [-0.2, -0.15) is 0 Å². The minimum Gasteiger partial charge on any atom is -0.362 e. The van der Waals surface area contributed by atoms with Gasteiger partial charge in [0.2, 0.25) is 0 Å².